The number of carbonyl (C=O) groups is 1. The van der Waals surface area contributed by atoms with E-state index in [0.717, 1.165) is 30.3 Å². The quantitative estimate of drug-likeness (QED) is 0.639. The normalized spacial score (nSPS) is 17.4. The third-order valence-corrected chi connectivity index (χ3v) is 5.73. The molecule has 1 saturated heterocycles. The summed E-state index contributed by atoms with van der Waals surface area (Å²) in [7, 11) is 0. The number of aromatic nitrogens is 2. The first kappa shape index (κ1) is 16.9. The molecule has 0 saturated carbocycles. The number of benzene rings is 2. The van der Waals surface area contributed by atoms with Crippen LogP contribution >= 0.6 is 11.8 Å². The molecule has 4 rings (SSSR count). The largest absolute Gasteiger partial charge is 0.337 e. The number of amides is 1. The Morgan fingerprint density at radius 1 is 1.19 bits per heavy atom. The van der Waals surface area contributed by atoms with Gasteiger partial charge in [0, 0.05) is 34.5 Å². The monoisotopic (exact) mass is 363 g/mol. The summed E-state index contributed by atoms with van der Waals surface area (Å²) in [5.41, 5.74) is 0.995. The topological polar surface area (TPSA) is 38.1 Å². The molecule has 2 heterocycles. The Morgan fingerprint density at radius 2 is 2.04 bits per heavy atom. The predicted molar refractivity (Wildman–Crippen MR) is 105 cm³/mol. The standard InChI is InChI=1S/C21H21N3OS/c1-2-21(25)23-12-6-7-17(15-23)24-14-16-13-19(10-11-20(16)22-24)26-18-8-4-3-5-9-18/h2-5,8-11,13-14,17H,1,6-7,12,15H2/t17-/m1/s1. The molecule has 0 bridgehead atoms. The van der Waals surface area contributed by atoms with Crippen molar-refractivity contribution in [2.45, 2.75) is 28.7 Å². The van der Waals surface area contributed by atoms with Gasteiger partial charge in [0.05, 0.1) is 11.6 Å². The second kappa shape index (κ2) is 7.38. The van der Waals surface area contributed by atoms with Crippen molar-refractivity contribution in [1.29, 1.82) is 0 Å². The van der Waals surface area contributed by atoms with Crippen molar-refractivity contribution in [1.82, 2.24) is 14.7 Å². The van der Waals surface area contributed by atoms with E-state index in [4.69, 9.17) is 5.10 Å². The number of likely N-dealkylation sites (tertiary alicyclic amines) is 1. The molecule has 0 radical (unpaired) electrons. The average molecular weight is 363 g/mol. The Kier molecular flexibility index (Phi) is 4.80. The molecular weight excluding hydrogens is 342 g/mol. The number of rotatable bonds is 4. The van der Waals surface area contributed by atoms with Gasteiger partial charge in [0.15, 0.2) is 0 Å². The molecule has 1 atom stereocenters. The summed E-state index contributed by atoms with van der Waals surface area (Å²) < 4.78 is 2.03. The lowest BCUT2D eigenvalue weighted by Gasteiger charge is -2.32. The number of fused-ring (bicyclic) bond motifs is 1. The minimum Gasteiger partial charge on any atom is -0.337 e. The molecule has 1 aliphatic rings. The van der Waals surface area contributed by atoms with Crippen LogP contribution in [0.4, 0.5) is 0 Å². The van der Waals surface area contributed by atoms with E-state index in [-0.39, 0.29) is 11.9 Å². The summed E-state index contributed by atoms with van der Waals surface area (Å²) in [6.45, 7) is 5.10. The fraction of sp³-hybridized carbons (Fsp3) is 0.238. The average Bonchev–Trinajstić information content (AvgIpc) is 3.12. The molecule has 2 aromatic carbocycles. The first-order valence-corrected chi connectivity index (χ1v) is 9.68. The van der Waals surface area contributed by atoms with Crippen LogP contribution in [0.25, 0.3) is 10.9 Å². The highest BCUT2D eigenvalue weighted by atomic mass is 32.2. The van der Waals surface area contributed by atoms with E-state index in [1.54, 1.807) is 11.8 Å². The lowest BCUT2D eigenvalue weighted by Crippen LogP contribution is -2.39. The van der Waals surface area contributed by atoms with Crippen LogP contribution in [0.15, 0.2) is 77.2 Å². The predicted octanol–water partition coefficient (Wildman–Crippen LogP) is 4.54. The summed E-state index contributed by atoms with van der Waals surface area (Å²) >= 11 is 1.75. The lowest BCUT2D eigenvalue weighted by atomic mass is 10.1. The molecule has 1 aliphatic heterocycles. The van der Waals surface area contributed by atoms with Crippen LogP contribution in [-0.4, -0.2) is 33.7 Å². The van der Waals surface area contributed by atoms with Gasteiger partial charge in [-0.15, -0.1) is 0 Å². The van der Waals surface area contributed by atoms with E-state index in [1.807, 2.05) is 15.6 Å². The molecule has 1 aromatic heterocycles. The maximum Gasteiger partial charge on any atom is 0.246 e. The van der Waals surface area contributed by atoms with Crippen molar-refractivity contribution in [3.63, 3.8) is 0 Å². The highest BCUT2D eigenvalue weighted by Crippen LogP contribution is 2.30. The fourth-order valence-electron chi connectivity index (χ4n) is 3.40. The van der Waals surface area contributed by atoms with E-state index in [9.17, 15) is 4.79 Å². The maximum atomic E-state index is 11.9. The van der Waals surface area contributed by atoms with Crippen molar-refractivity contribution < 1.29 is 4.79 Å². The van der Waals surface area contributed by atoms with E-state index >= 15 is 0 Å². The Bertz CT molecular complexity index is 935. The lowest BCUT2D eigenvalue weighted by molar-refractivity contribution is -0.127. The van der Waals surface area contributed by atoms with Crippen molar-refractivity contribution in [2.24, 2.45) is 0 Å². The summed E-state index contributed by atoms with van der Waals surface area (Å²) in [5, 5.41) is 5.88. The molecule has 1 fully saturated rings. The van der Waals surface area contributed by atoms with Gasteiger partial charge >= 0.3 is 0 Å². The second-order valence-corrected chi connectivity index (χ2v) is 7.68. The van der Waals surface area contributed by atoms with Gasteiger partial charge in [0.2, 0.25) is 5.91 Å². The van der Waals surface area contributed by atoms with Crippen molar-refractivity contribution >= 4 is 28.6 Å². The van der Waals surface area contributed by atoms with Gasteiger partial charge in [0.1, 0.15) is 0 Å². The molecule has 0 unspecified atom stereocenters. The van der Waals surface area contributed by atoms with E-state index in [0.29, 0.717) is 6.54 Å². The van der Waals surface area contributed by atoms with Gasteiger partial charge in [-0.2, -0.15) is 5.10 Å². The van der Waals surface area contributed by atoms with Crippen molar-refractivity contribution in [3.8, 4) is 0 Å². The summed E-state index contributed by atoms with van der Waals surface area (Å²) in [4.78, 5) is 16.2. The Balaban J connectivity index is 1.55. The molecular formula is C21H21N3OS. The van der Waals surface area contributed by atoms with Crippen LogP contribution < -0.4 is 0 Å². The number of nitrogens with zero attached hydrogens (tertiary/aromatic N) is 3. The van der Waals surface area contributed by atoms with Gasteiger partial charge in [-0.1, -0.05) is 36.5 Å². The molecule has 0 N–H and O–H groups in total. The number of piperidine rings is 1. The molecule has 26 heavy (non-hydrogen) atoms. The fourth-order valence-corrected chi connectivity index (χ4v) is 4.29. The number of hydrogen-bond donors (Lipinski definition) is 0. The van der Waals surface area contributed by atoms with Gasteiger partial charge in [-0.25, -0.2) is 0 Å². The third-order valence-electron chi connectivity index (χ3n) is 4.73. The molecule has 4 nitrogen and oxygen atoms in total. The first-order chi connectivity index (χ1) is 12.7. The highest BCUT2D eigenvalue weighted by Gasteiger charge is 2.24. The van der Waals surface area contributed by atoms with E-state index < -0.39 is 0 Å². The molecule has 132 valence electrons. The summed E-state index contributed by atoms with van der Waals surface area (Å²) in [6.07, 6.45) is 5.54. The van der Waals surface area contributed by atoms with Crippen LogP contribution in [0.3, 0.4) is 0 Å². The maximum absolute atomic E-state index is 11.9. The molecule has 0 aliphatic carbocycles. The zero-order valence-electron chi connectivity index (χ0n) is 14.5. The number of hydrogen-bond acceptors (Lipinski definition) is 3. The zero-order valence-corrected chi connectivity index (χ0v) is 15.4. The van der Waals surface area contributed by atoms with Gasteiger partial charge in [-0.3, -0.25) is 9.48 Å². The summed E-state index contributed by atoms with van der Waals surface area (Å²) in [6, 6.07) is 17.0. The van der Waals surface area contributed by atoms with Gasteiger partial charge in [0.25, 0.3) is 0 Å². The molecule has 0 spiro atoms. The van der Waals surface area contributed by atoms with Crippen molar-refractivity contribution in [3.05, 3.63) is 67.4 Å². The number of carbonyl (C=O) groups excluding carboxylic acids is 1. The van der Waals surface area contributed by atoms with Crippen LogP contribution in [0.1, 0.15) is 18.9 Å². The molecule has 3 aromatic rings. The second-order valence-electron chi connectivity index (χ2n) is 6.53. The van der Waals surface area contributed by atoms with E-state index in [2.05, 4.69) is 55.2 Å². The van der Waals surface area contributed by atoms with Gasteiger partial charge in [-0.05, 0) is 49.2 Å². The van der Waals surface area contributed by atoms with Crippen molar-refractivity contribution in [2.75, 3.05) is 13.1 Å². The summed E-state index contributed by atoms with van der Waals surface area (Å²) in [5.74, 6) is 0.00737. The zero-order chi connectivity index (χ0) is 17.9. The van der Waals surface area contributed by atoms with Crippen LogP contribution in [0.2, 0.25) is 0 Å². The van der Waals surface area contributed by atoms with Gasteiger partial charge < -0.3 is 4.90 Å². The third kappa shape index (κ3) is 3.53. The minimum absolute atomic E-state index is 0.00737. The van der Waals surface area contributed by atoms with E-state index in [1.165, 1.54) is 15.9 Å². The molecule has 1 amide bonds. The van der Waals surface area contributed by atoms with Crippen LogP contribution in [0, 0.1) is 0 Å². The highest BCUT2D eigenvalue weighted by molar-refractivity contribution is 7.99. The Labute approximate surface area is 157 Å². The Hall–Kier alpha value is -2.53. The minimum atomic E-state index is 0.00737. The smallest absolute Gasteiger partial charge is 0.246 e. The first-order valence-electron chi connectivity index (χ1n) is 8.86. The Morgan fingerprint density at radius 3 is 2.85 bits per heavy atom. The van der Waals surface area contributed by atoms with Crippen LogP contribution in [-0.2, 0) is 4.79 Å². The van der Waals surface area contributed by atoms with Crippen LogP contribution in [0.5, 0.6) is 0 Å². The molecule has 5 heteroatoms. The SMILES string of the molecule is C=CC(=O)N1CCC[C@@H](n2cc3cc(Sc4ccccc4)ccc3n2)C1.